The van der Waals surface area contributed by atoms with Gasteiger partial charge in [-0.15, -0.1) is 0 Å². The summed E-state index contributed by atoms with van der Waals surface area (Å²) in [5.41, 5.74) is 0. The third kappa shape index (κ3) is 5.64. The molecule has 0 saturated carbocycles. The molecule has 0 spiro atoms. The molecule has 0 aliphatic rings. The molecular formula is C14H25NOS. The van der Waals surface area contributed by atoms with Crippen LogP contribution in [0.5, 0.6) is 0 Å². The lowest BCUT2D eigenvalue weighted by Gasteiger charge is -2.13. The quantitative estimate of drug-likeness (QED) is 0.709. The van der Waals surface area contributed by atoms with Gasteiger partial charge in [0, 0.05) is 5.25 Å². The van der Waals surface area contributed by atoms with E-state index in [0.717, 1.165) is 42.7 Å². The first kappa shape index (κ1) is 14.7. The Balaban J connectivity index is 2.30. The van der Waals surface area contributed by atoms with Crippen LogP contribution in [0.25, 0.3) is 0 Å². The Hall–Kier alpha value is -0.410. The van der Waals surface area contributed by atoms with E-state index < -0.39 is 0 Å². The van der Waals surface area contributed by atoms with E-state index in [1.54, 1.807) is 0 Å². The normalized spacial score (nSPS) is 13.2. The second kappa shape index (κ2) is 7.83. The van der Waals surface area contributed by atoms with Gasteiger partial charge >= 0.3 is 0 Å². The summed E-state index contributed by atoms with van der Waals surface area (Å²) < 4.78 is 5.78. The molecule has 0 amide bonds. The molecule has 3 heteroatoms. The topological polar surface area (TPSA) is 25.2 Å². The Morgan fingerprint density at radius 1 is 1.24 bits per heavy atom. The number of hydrogen-bond acceptors (Lipinski definition) is 3. The molecule has 0 bridgehead atoms. The second-order valence-corrected chi connectivity index (χ2v) is 6.17. The fourth-order valence-corrected chi connectivity index (χ4v) is 2.36. The first-order valence-electron chi connectivity index (χ1n) is 6.53. The van der Waals surface area contributed by atoms with Crippen LogP contribution in [0.15, 0.2) is 16.5 Å². The van der Waals surface area contributed by atoms with Crippen molar-refractivity contribution in [3.8, 4) is 0 Å². The number of furan rings is 1. The summed E-state index contributed by atoms with van der Waals surface area (Å²) in [7, 11) is 0. The Morgan fingerprint density at radius 2 is 1.94 bits per heavy atom. The van der Waals surface area contributed by atoms with Crippen molar-refractivity contribution in [2.75, 3.05) is 6.54 Å². The highest BCUT2D eigenvalue weighted by atomic mass is 32.2. The van der Waals surface area contributed by atoms with Crippen LogP contribution in [0.3, 0.4) is 0 Å². The highest BCUT2D eigenvalue weighted by molar-refractivity contribution is 7.99. The molecule has 0 radical (unpaired) electrons. The molecule has 1 N–H and O–H groups in total. The van der Waals surface area contributed by atoms with E-state index >= 15 is 0 Å². The molecule has 1 atom stereocenters. The Labute approximate surface area is 110 Å². The summed E-state index contributed by atoms with van der Waals surface area (Å²) in [6.45, 7) is 10.9. The first-order valence-corrected chi connectivity index (χ1v) is 7.58. The third-order valence-corrected chi connectivity index (χ3v) is 4.39. The van der Waals surface area contributed by atoms with Crippen LogP contribution in [-0.2, 0) is 12.3 Å². The molecule has 17 heavy (non-hydrogen) atoms. The molecule has 1 heterocycles. The molecule has 1 unspecified atom stereocenters. The Bertz CT molecular complexity index is 309. The predicted octanol–water partition coefficient (Wildman–Crippen LogP) is 4.06. The van der Waals surface area contributed by atoms with Gasteiger partial charge in [-0.3, -0.25) is 0 Å². The van der Waals surface area contributed by atoms with E-state index in [2.05, 4.69) is 45.1 Å². The molecule has 1 aromatic rings. The molecule has 0 saturated heterocycles. The van der Waals surface area contributed by atoms with Gasteiger partial charge in [0.1, 0.15) is 11.5 Å². The van der Waals surface area contributed by atoms with Crippen molar-refractivity contribution in [1.82, 2.24) is 5.32 Å². The van der Waals surface area contributed by atoms with Crippen molar-refractivity contribution in [2.24, 2.45) is 5.92 Å². The summed E-state index contributed by atoms with van der Waals surface area (Å²) in [5, 5.41) is 4.03. The van der Waals surface area contributed by atoms with Crippen molar-refractivity contribution in [3.05, 3.63) is 23.7 Å². The molecule has 1 rings (SSSR count). The zero-order valence-electron chi connectivity index (χ0n) is 11.5. The third-order valence-electron chi connectivity index (χ3n) is 2.87. The van der Waals surface area contributed by atoms with Gasteiger partial charge in [0.25, 0.3) is 0 Å². The maximum atomic E-state index is 5.78. The number of hydrogen-bond donors (Lipinski definition) is 1. The van der Waals surface area contributed by atoms with Crippen LogP contribution in [-0.4, -0.2) is 11.8 Å². The van der Waals surface area contributed by atoms with Crippen molar-refractivity contribution < 1.29 is 4.42 Å². The van der Waals surface area contributed by atoms with E-state index in [1.165, 1.54) is 0 Å². The fraction of sp³-hybridized carbons (Fsp3) is 0.714. The first-order chi connectivity index (χ1) is 8.13. The van der Waals surface area contributed by atoms with Gasteiger partial charge in [0.15, 0.2) is 0 Å². The van der Waals surface area contributed by atoms with E-state index in [4.69, 9.17) is 4.42 Å². The fourth-order valence-electron chi connectivity index (χ4n) is 1.39. The average Bonchev–Trinajstić information content (AvgIpc) is 2.74. The number of thioether (sulfide) groups is 1. The molecule has 0 fully saturated rings. The zero-order valence-corrected chi connectivity index (χ0v) is 12.3. The van der Waals surface area contributed by atoms with Crippen LogP contribution in [0, 0.1) is 5.92 Å². The van der Waals surface area contributed by atoms with Crippen LogP contribution < -0.4 is 5.32 Å². The highest BCUT2D eigenvalue weighted by Gasteiger charge is 2.09. The largest absolute Gasteiger partial charge is 0.464 e. The summed E-state index contributed by atoms with van der Waals surface area (Å²) >= 11 is 1.97. The van der Waals surface area contributed by atoms with Crippen LogP contribution in [0.4, 0.5) is 0 Å². The van der Waals surface area contributed by atoms with Gasteiger partial charge in [-0.2, -0.15) is 11.8 Å². The minimum absolute atomic E-state index is 0.682. The van der Waals surface area contributed by atoms with E-state index in [0.29, 0.717) is 5.25 Å². The van der Waals surface area contributed by atoms with Gasteiger partial charge < -0.3 is 9.73 Å². The molecular weight excluding hydrogens is 230 g/mol. The maximum Gasteiger partial charge on any atom is 0.117 e. The maximum absolute atomic E-state index is 5.78. The Morgan fingerprint density at radius 3 is 2.59 bits per heavy atom. The minimum Gasteiger partial charge on any atom is -0.464 e. The second-order valence-electron chi connectivity index (χ2n) is 4.80. The zero-order chi connectivity index (χ0) is 12.7. The molecule has 1 aromatic heterocycles. The van der Waals surface area contributed by atoms with Crippen LogP contribution in [0.1, 0.15) is 45.6 Å². The van der Waals surface area contributed by atoms with E-state index in [-0.39, 0.29) is 0 Å². The highest BCUT2D eigenvalue weighted by Crippen LogP contribution is 2.24. The van der Waals surface area contributed by atoms with Crippen LogP contribution in [0.2, 0.25) is 0 Å². The van der Waals surface area contributed by atoms with Crippen molar-refractivity contribution in [1.29, 1.82) is 0 Å². The minimum atomic E-state index is 0.682. The number of rotatable bonds is 8. The summed E-state index contributed by atoms with van der Waals surface area (Å²) in [6, 6.07) is 4.18. The standard InChI is InChI=1S/C14H25NOS/c1-5-8-15-9-13-6-7-14(16-13)10-17-12(4)11(2)3/h6-7,11-12,15H,5,8-10H2,1-4H3. The average molecular weight is 255 g/mol. The molecule has 0 aliphatic heterocycles. The van der Waals surface area contributed by atoms with Gasteiger partial charge in [-0.25, -0.2) is 0 Å². The van der Waals surface area contributed by atoms with Crippen molar-refractivity contribution in [2.45, 2.75) is 51.7 Å². The Kier molecular flexibility index (Phi) is 6.75. The lowest BCUT2D eigenvalue weighted by Crippen LogP contribution is -2.13. The smallest absolute Gasteiger partial charge is 0.117 e. The SMILES string of the molecule is CCCNCc1ccc(CSC(C)C(C)C)o1. The summed E-state index contributed by atoms with van der Waals surface area (Å²) in [5.74, 6) is 3.84. The van der Waals surface area contributed by atoms with E-state index in [1.807, 2.05) is 11.8 Å². The van der Waals surface area contributed by atoms with Gasteiger partial charge in [0.2, 0.25) is 0 Å². The van der Waals surface area contributed by atoms with Gasteiger partial charge in [0.05, 0.1) is 12.3 Å². The monoisotopic (exact) mass is 255 g/mol. The molecule has 0 aliphatic carbocycles. The summed E-state index contributed by atoms with van der Waals surface area (Å²) in [6.07, 6.45) is 1.16. The van der Waals surface area contributed by atoms with E-state index in [9.17, 15) is 0 Å². The van der Waals surface area contributed by atoms with Crippen molar-refractivity contribution in [3.63, 3.8) is 0 Å². The number of nitrogens with one attached hydrogen (secondary N) is 1. The lowest BCUT2D eigenvalue weighted by molar-refractivity contribution is 0.459. The van der Waals surface area contributed by atoms with Gasteiger partial charge in [-0.05, 0) is 31.0 Å². The molecule has 2 nitrogen and oxygen atoms in total. The molecule has 0 aromatic carbocycles. The van der Waals surface area contributed by atoms with Crippen LogP contribution >= 0.6 is 11.8 Å². The lowest BCUT2D eigenvalue weighted by atomic mass is 10.2. The van der Waals surface area contributed by atoms with Gasteiger partial charge in [-0.1, -0.05) is 27.7 Å². The summed E-state index contributed by atoms with van der Waals surface area (Å²) in [4.78, 5) is 0. The predicted molar refractivity (Wildman–Crippen MR) is 76.3 cm³/mol. The molecule has 98 valence electrons. The van der Waals surface area contributed by atoms with Crippen molar-refractivity contribution >= 4 is 11.8 Å².